The Balaban J connectivity index is 1.92. The highest BCUT2D eigenvalue weighted by molar-refractivity contribution is 7.89. The molecule has 1 amide bonds. The van der Waals surface area contributed by atoms with Gasteiger partial charge in [-0.05, 0) is 49.5 Å². The summed E-state index contributed by atoms with van der Waals surface area (Å²) in [5.74, 6) is -0.527. The maximum absolute atomic E-state index is 12.7. The highest BCUT2D eigenvalue weighted by Gasteiger charge is 2.32. The van der Waals surface area contributed by atoms with Crippen molar-refractivity contribution in [3.63, 3.8) is 0 Å². The number of nitrogens with one attached hydrogen (secondary N) is 3. The van der Waals surface area contributed by atoms with Gasteiger partial charge in [-0.15, -0.1) is 0 Å². The fraction of sp³-hybridized carbons (Fsp3) is 0.562. The summed E-state index contributed by atoms with van der Waals surface area (Å²) in [5, 5.41) is 5.90. The van der Waals surface area contributed by atoms with E-state index in [0.717, 1.165) is 44.1 Å². The lowest BCUT2D eigenvalue weighted by Gasteiger charge is -2.34. The van der Waals surface area contributed by atoms with Crippen LogP contribution in [0.2, 0.25) is 0 Å². The number of sulfonamides is 1. The number of benzene rings is 1. The molecule has 0 radical (unpaired) electrons. The fourth-order valence-corrected chi connectivity index (χ4v) is 3.69. The van der Waals surface area contributed by atoms with Gasteiger partial charge < -0.3 is 10.6 Å². The van der Waals surface area contributed by atoms with Crippen molar-refractivity contribution in [2.24, 2.45) is 5.41 Å². The maximum Gasteiger partial charge on any atom is 0.416 e. The van der Waals surface area contributed by atoms with E-state index in [0.29, 0.717) is 12.6 Å². The molecule has 1 aromatic rings. The number of hydrogen-bond acceptors (Lipinski definition) is 4. The van der Waals surface area contributed by atoms with Crippen LogP contribution in [0.1, 0.15) is 25.3 Å². The van der Waals surface area contributed by atoms with E-state index in [1.54, 1.807) is 0 Å². The third kappa shape index (κ3) is 5.68. The van der Waals surface area contributed by atoms with Crippen molar-refractivity contribution >= 4 is 15.9 Å². The van der Waals surface area contributed by atoms with Crippen LogP contribution in [0.15, 0.2) is 29.2 Å². The van der Waals surface area contributed by atoms with Crippen LogP contribution in [0.5, 0.6) is 0 Å². The highest BCUT2D eigenvalue weighted by atomic mass is 32.2. The molecule has 26 heavy (non-hydrogen) atoms. The minimum absolute atomic E-state index is 0.0547. The Kier molecular flexibility index (Phi) is 6.30. The second kappa shape index (κ2) is 7.93. The van der Waals surface area contributed by atoms with Crippen molar-refractivity contribution in [3.05, 3.63) is 29.8 Å². The SMILES string of the molecule is CC1(CNC(=O)CNS(=O)(=O)c2cccc(C(F)(F)F)c2)CCNCC1. The molecule has 146 valence electrons. The number of rotatable bonds is 6. The van der Waals surface area contributed by atoms with Crippen molar-refractivity contribution in [2.45, 2.75) is 30.8 Å². The molecule has 1 heterocycles. The first-order valence-electron chi connectivity index (χ1n) is 8.16. The number of carbonyl (C=O) groups excluding carboxylic acids is 1. The van der Waals surface area contributed by atoms with Gasteiger partial charge in [0.05, 0.1) is 17.0 Å². The zero-order chi connectivity index (χ0) is 19.4. The summed E-state index contributed by atoms with van der Waals surface area (Å²) in [5.41, 5.74) is -1.12. The molecule has 1 fully saturated rings. The van der Waals surface area contributed by atoms with Gasteiger partial charge in [0.2, 0.25) is 15.9 Å². The van der Waals surface area contributed by atoms with Gasteiger partial charge in [-0.3, -0.25) is 4.79 Å². The van der Waals surface area contributed by atoms with E-state index in [2.05, 4.69) is 10.6 Å². The molecule has 6 nitrogen and oxygen atoms in total. The molecule has 1 aliphatic rings. The summed E-state index contributed by atoms with van der Waals surface area (Å²) in [6, 6.07) is 3.38. The molecule has 0 bridgehead atoms. The third-order valence-corrected chi connectivity index (χ3v) is 5.82. The van der Waals surface area contributed by atoms with Gasteiger partial charge in [-0.2, -0.15) is 13.2 Å². The van der Waals surface area contributed by atoms with Crippen LogP contribution in [-0.4, -0.2) is 40.5 Å². The fourth-order valence-electron chi connectivity index (χ4n) is 2.67. The van der Waals surface area contributed by atoms with Crippen LogP contribution in [0.4, 0.5) is 13.2 Å². The van der Waals surface area contributed by atoms with E-state index in [-0.39, 0.29) is 5.41 Å². The Morgan fingerprint density at radius 1 is 1.27 bits per heavy atom. The van der Waals surface area contributed by atoms with E-state index in [1.807, 2.05) is 11.6 Å². The number of amides is 1. The largest absolute Gasteiger partial charge is 0.416 e. The van der Waals surface area contributed by atoms with Crippen molar-refractivity contribution in [2.75, 3.05) is 26.2 Å². The lowest BCUT2D eigenvalue weighted by atomic mass is 9.81. The predicted octanol–water partition coefficient (Wildman–Crippen LogP) is 1.49. The standard InChI is InChI=1S/C16H22F3N3O3S/c1-15(5-7-20-8-6-15)11-21-14(23)10-22-26(24,25)13-4-2-3-12(9-13)16(17,18)19/h2-4,9,20,22H,5-8,10-11H2,1H3,(H,21,23). The minimum atomic E-state index is -4.65. The first-order chi connectivity index (χ1) is 12.0. The van der Waals surface area contributed by atoms with E-state index in [1.165, 1.54) is 0 Å². The monoisotopic (exact) mass is 393 g/mol. The summed E-state index contributed by atoms with van der Waals surface area (Å²) in [6.45, 7) is 3.63. The van der Waals surface area contributed by atoms with Crippen molar-refractivity contribution in [3.8, 4) is 0 Å². The Labute approximate surface area is 150 Å². The molecule has 0 atom stereocenters. The average molecular weight is 393 g/mol. The van der Waals surface area contributed by atoms with Gasteiger partial charge >= 0.3 is 6.18 Å². The first kappa shape index (κ1) is 20.7. The van der Waals surface area contributed by atoms with Gasteiger partial charge in [0.25, 0.3) is 0 Å². The second-order valence-electron chi connectivity index (χ2n) is 6.69. The molecule has 0 saturated carbocycles. The van der Waals surface area contributed by atoms with E-state index in [9.17, 15) is 26.4 Å². The maximum atomic E-state index is 12.7. The Morgan fingerprint density at radius 3 is 2.54 bits per heavy atom. The Hall–Kier alpha value is -1.65. The zero-order valence-electron chi connectivity index (χ0n) is 14.3. The lowest BCUT2D eigenvalue weighted by Crippen LogP contribution is -2.45. The molecule has 10 heteroatoms. The summed E-state index contributed by atoms with van der Waals surface area (Å²) in [4.78, 5) is 11.4. The minimum Gasteiger partial charge on any atom is -0.354 e. The van der Waals surface area contributed by atoms with Crippen LogP contribution in [-0.2, 0) is 21.0 Å². The van der Waals surface area contributed by atoms with Gasteiger partial charge in [0.1, 0.15) is 0 Å². The Morgan fingerprint density at radius 2 is 1.92 bits per heavy atom. The molecule has 2 rings (SSSR count). The number of halogens is 3. The van der Waals surface area contributed by atoms with Crippen LogP contribution in [0.25, 0.3) is 0 Å². The number of hydrogen-bond donors (Lipinski definition) is 3. The molecule has 3 N–H and O–H groups in total. The van der Waals surface area contributed by atoms with Gasteiger partial charge in [-0.1, -0.05) is 13.0 Å². The van der Waals surface area contributed by atoms with E-state index >= 15 is 0 Å². The molecule has 1 aromatic carbocycles. The lowest BCUT2D eigenvalue weighted by molar-refractivity contribution is -0.137. The summed E-state index contributed by atoms with van der Waals surface area (Å²) >= 11 is 0. The smallest absolute Gasteiger partial charge is 0.354 e. The molecule has 1 aliphatic heterocycles. The van der Waals surface area contributed by atoms with Gasteiger partial charge in [0, 0.05) is 6.54 Å². The molecule has 0 aromatic heterocycles. The summed E-state index contributed by atoms with van der Waals surface area (Å²) in [6.07, 6.45) is -2.86. The molecular formula is C16H22F3N3O3S. The molecule has 0 unspecified atom stereocenters. The van der Waals surface area contributed by atoms with Gasteiger partial charge in [-0.25, -0.2) is 13.1 Å². The molecular weight excluding hydrogens is 371 g/mol. The van der Waals surface area contributed by atoms with Crippen molar-refractivity contribution < 1.29 is 26.4 Å². The Bertz CT molecular complexity index is 745. The van der Waals surface area contributed by atoms with Crippen LogP contribution < -0.4 is 15.4 Å². The second-order valence-corrected chi connectivity index (χ2v) is 8.45. The number of carbonyl (C=O) groups is 1. The molecule has 0 aliphatic carbocycles. The highest BCUT2D eigenvalue weighted by Crippen LogP contribution is 2.30. The predicted molar refractivity (Wildman–Crippen MR) is 89.9 cm³/mol. The average Bonchev–Trinajstić information content (AvgIpc) is 2.58. The summed E-state index contributed by atoms with van der Waals surface area (Å²) < 4.78 is 64.4. The van der Waals surface area contributed by atoms with Crippen molar-refractivity contribution in [1.29, 1.82) is 0 Å². The summed E-state index contributed by atoms with van der Waals surface area (Å²) in [7, 11) is -4.22. The zero-order valence-corrected chi connectivity index (χ0v) is 15.1. The normalized spacial score (nSPS) is 17.7. The number of piperidine rings is 1. The van der Waals surface area contributed by atoms with Crippen LogP contribution in [0, 0.1) is 5.41 Å². The van der Waals surface area contributed by atoms with Gasteiger partial charge in [0.15, 0.2) is 0 Å². The van der Waals surface area contributed by atoms with Crippen LogP contribution in [0.3, 0.4) is 0 Å². The topological polar surface area (TPSA) is 87.3 Å². The molecule has 1 saturated heterocycles. The number of alkyl halides is 3. The van der Waals surface area contributed by atoms with Crippen molar-refractivity contribution in [1.82, 2.24) is 15.4 Å². The van der Waals surface area contributed by atoms with Crippen LogP contribution >= 0.6 is 0 Å². The van der Waals surface area contributed by atoms with E-state index < -0.39 is 39.1 Å². The first-order valence-corrected chi connectivity index (χ1v) is 9.65. The van der Waals surface area contributed by atoms with E-state index in [4.69, 9.17) is 0 Å². The third-order valence-electron chi connectivity index (χ3n) is 4.42. The quantitative estimate of drug-likeness (QED) is 0.684. The molecule has 0 spiro atoms.